The molecule has 6 heteroatoms. The minimum Gasteiger partial charge on any atom is -0.480 e. The molecule has 96 valence electrons. The summed E-state index contributed by atoms with van der Waals surface area (Å²) >= 11 is 3.24. The third-order valence-electron chi connectivity index (χ3n) is 2.18. The average molecular weight is 313 g/mol. The summed E-state index contributed by atoms with van der Waals surface area (Å²) in [6.45, 7) is 3.28. The van der Waals surface area contributed by atoms with Gasteiger partial charge >= 0.3 is 5.97 Å². The molecule has 0 saturated heterocycles. The van der Waals surface area contributed by atoms with Gasteiger partial charge in [0.05, 0.1) is 5.56 Å². The number of nitrogens with zero attached hydrogens (tertiary/aromatic N) is 1. The van der Waals surface area contributed by atoms with E-state index >= 15 is 0 Å². The molecule has 0 aliphatic heterocycles. The lowest BCUT2D eigenvalue weighted by Gasteiger charge is -2.19. The molecule has 0 radical (unpaired) electrons. The van der Waals surface area contributed by atoms with E-state index in [1.807, 2.05) is 0 Å². The summed E-state index contributed by atoms with van der Waals surface area (Å²) in [6, 6.07) is 4.80. The van der Waals surface area contributed by atoms with Crippen LogP contribution in [0.4, 0.5) is 5.69 Å². The molecule has 18 heavy (non-hydrogen) atoms. The van der Waals surface area contributed by atoms with Crippen LogP contribution in [0.3, 0.4) is 0 Å². The Kier molecular flexibility index (Phi) is 4.91. The summed E-state index contributed by atoms with van der Waals surface area (Å²) in [5.74, 6) is -1.48. The Bertz CT molecular complexity index is 488. The van der Waals surface area contributed by atoms with Crippen LogP contribution in [0.1, 0.15) is 10.4 Å². The van der Waals surface area contributed by atoms with Gasteiger partial charge in [0.15, 0.2) is 0 Å². The maximum Gasteiger partial charge on any atom is 0.323 e. The van der Waals surface area contributed by atoms with Crippen molar-refractivity contribution in [3.8, 4) is 0 Å². The van der Waals surface area contributed by atoms with Gasteiger partial charge in [-0.1, -0.05) is 6.08 Å². The Morgan fingerprint density at radius 1 is 1.50 bits per heavy atom. The number of benzene rings is 1. The number of carbonyl (C=O) groups is 2. The van der Waals surface area contributed by atoms with E-state index < -0.39 is 11.9 Å². The van der Waals surface area contributed by atoms with Gasteiger partial charge in [-0.3, -0.25) is 9.59 Å². The van der Waals surface area contributed by atoms with Gasteiger partial charge in [-0.2, -0.15) is 0 Å². The monoisotopic (exact) mass is 312 g/mol. The van der Waals surface area contributed by atoms with Crippen molar-refractivity contribution in [2.75, 3.05) is 18.8 Å². The fraction of sp³-hybridized carbons (Fsp3) is 0.167. The Morgan fingerprint density at radius 3 is 2.72 bits per heavy atom. The first kappa shape index (κ1) is 14.2. The molecule has 1 amide bonds. The first-order valence-electron chi connectivity index (χ1n) is 5.12. The van der Waals surface area contributed by atoms with Gasteiger partial charge in [0.1, 0.15) is 6.54 Å². The Labute approximate surface area is 113 Å². The molecule has 0 atom stereocenters. The molecular formula is C12H13BrN2O3. The van der Waals surface area contributed by atoms with E-state index in [1.165, 1.54) is 17.0 Å². The number of nitrogen functional groups attached to an aromatic ring is 1. The quantitative estimate of drug-likeness (QED) is 0.641. The third kappa shape index (κ3) is 3.59. The minimum absolute atomic E-state index is 0.159. The molecule has 0 saturated carbocycles. The summed E-state index contributed by atoms with van der Waals surface area (Å²) in [4.78, 5) is 24.1. The SMILES string of the molecule is C=CCN(CC(=O)O)C(=O)c1cc(N)ccc1Br. The van der Waals surface area contributed by atoms with Crippen LogP contribution in [-0.4, -0.2) is 35.0 Å². The zero-order chi connectivity index (χ0) is 13.7. The van der Waals surface area contributed by atoms with Crippen LogP contribution in [0.2, 0.25) is 0 Å². The number of amides is 1. The second-order valence-electron chi connectivity index (χ2n) is 3.61. The Balaban J connectivity index is 3.04. The second kappa shape index (κ2) is 6.20. The number of anilines is 1. The van der Waals surface area contributed by atoms with Crippen molar-refractivity contribution >= 4 is 33.5 Å². The van der Waals surface area contributed by atoms with E-state index in [4.69, 9.17) is 10.8 Å². The van der Waals surface area contributed by atoms with Crippen molar-refractivity contribution in [1.82, 2.24) is 4.90 Å². The molecule has 1 aromatic carbocycles. The molecule has 0 spiro atoms. The third-order valence-corrected chi connectivity index (χ3v) is 2.88. The van der Waals surface area contributed by atoms with Crippen LogP contribution in [0.5, 0.6) is 0 Å². The van der Waals surface area contributed by atoms with Crippen LogP contribution in [0, 0.1) is 0 Å². The predicted molar refractivity (Wildman–Crippen MR) is 72.3 cm³/mol. The number of carbonyl (C=O) groups excluding carboxylic acids is 1. The number of carboxylic acid groups (broad SMARTS) is 1. The zero-order valence-electron chi connectivity index (χ0n) is 9.60. The average Bonchev–Trinajstić information content (AvgIpc) is 2.30. The molecule has 0 heterocycles. The lowest BCUT2D eigenvalue weighted by Crippen LogP contribution is -2.36. The van der Waals surface area contributed by atoms with Crippen LogP contribution in [-0.2, 0) is 4.79 Å². The number of aliphatic carboxylic acids is 1. The molecule has 0 aromatic heterocycles. The van der Waals surface area contributed by atoms with Crippen molar-refractivity contribution in [1.29, 1.82) is 0 Å². The number of hydrogen-bond donors (Lipinski definition) is 2. The first-order chi connectivity index (χ1) is 8.45. The highest BCUT2D eigenvalue weighted by atomic mass is 79.9. The predicted octanol–water partition coefficient (Wildman–Crippen LogP) is 1.74. The molecule has 1 aromatic rings. The minimum atomic E-state index is -1.08. The van der Waals surface area contributed by atoms with Crippen LogP contribution in [0.15, 0.2) is 35.3 Å². The van der Waals surface area contributed by atoms with Crippen molar-refractivity contribution < 1.29 is 14.7 Å². The summed E-state index contributed by atoms with van der Waals surface area (Å²) in [5.41, 5.74) is 6.38. The summed E-state index contributed by atoms with van der Waals surface area (Å²) in [5, 5.41) is 8.77. The molecule has 0 aliphatic carbocycles. The number of hydrogen-bond acceptors (Lipinski definition) is 3. The van der Waals surface area contributed by atoms with Gasteiger partial charge in [0, 0.05) is 16.7 Å². The molecule has 5 nitrogen and oxygen atoms in total. The largest absolute Gasteiger partial charge is 0.480 e. The number of nitrogens with two attached hydrogens (primary N) is 1. The van der Waals surface area contributed by atoms with Gasteiger partial charge in [0.2, 0.25) is 0 Å². The highest BCUT2D eigenvalue weighted by Gasteiger charge is 2.19. The highest BCUT2D eigenvalue weighted by Crippen LogP contribution is 2.21. The fourth-order valence-electron chi connectivity index (χ4n) is 1.42. The topological polar surface area (TPSA) is 83.6 Å². The fourth-order valence-corrected chi connectivity index (χ4v) is 1.83. The van der Waals surface area contributed by atoms with Gasteiger partial charge in [-0.25, -0.2) is 0 Å². The first-order valence-corrected chi connectivity index (χ1v) is 5.92. The van der Waals surface area contributed by atoms with E-state index in [-0.39, 0.29) is 13.1 Å². The smallest absolute Gasteiger partial charge is 0.323 e. The number of rotatable bonds is 5. The molecule has 3 N–H and O–H groups in total. The molecule has 0 aliphatic rings. The molecule has 0 unspecified atom stereocenters. The number of carboxylic acids is 1. The lowest BCUT2D eigenvalue weighted by molar-refractivity contribution is -0.137. The zero-order valence-corrected chi connectivity index (χ0v) is 11.2. The van der Waals surface area contributed by atoms with Crippen LogP contribution in [0.25, 0.3) is 0 Å². The van der Waals surface area contributed by atoms with Gasteiger partial charge in [0.25, 0.3) is 5.91 Å². The summed E-state index contributed by atoms with van der Waals surface area (Å²) in [6.07, 6.45) is 1.47. The van der Waals surface area contributed by atoms with E-state index in [0.717, 1.165) is 0 Å². The molecule has 1 rings (SSSR count). The highest BCUT2D eigenvalue weighted by molar-refractivity contribution is 9.10. The Morgan fingerprint density at radius 2 is 2.17 bits per heavy atom. The normalized spacial score (nSPS) is 9.83. The van der Waals surface area contributed by atoms with Gasteiger partial charge < -0.3 is 15.7 Å². The summed E-state index contributed by atoms with van der Waals surface area (Å²) in [7, 11) is 0. The van der Waals surface area contributed by atoms with E-state index in [9.17, 15) is 9.59 Å². The van der Waals surface area contributed by atoms with Crippen LogP contribution >= 0.6 is 15.9 Å². The molecular weight excluding hydrogens is 300 g/mol. The van der Waals surface area contributed by atoms with Crippen molar-refractivity contribution in [3.63, 3.8) is 0 Å². The second-order valence-corrected chi connectivity index (χ2v) is 4.46. The van der Waals surface area contributed by atoms with E-state index in [2.05, 4.69) is 22.5 Å². The van der Waals surface area contributed by atoms with Gasteiger partial charge in [-0.05, 0) is 34.1 Å². The lowest BCUT2D eigenvalue weighted by atomic mass is 10.1. The van der Waals surface area contributed by atoms with Crippen molar-refractivity contribution in [2.45, 2.75) is 0 Å². The van der Waals surface area contributed by atoms with Crippen LogP contribution < -0.4 is 5.73 Å². The van der Waals surface area contributed by atoms with Crippen molar-refractivity contribution in [2.24, 2.45) is 0 Å². The molecule has 0 bridgehead atoms. The Hall–Kier alpha value is -1.82. The van der Waals surface area contributed by atoms with E-state index in [1.54, 1.807) is 12.1 Å². The standard InChI is InChI=1S/C12H13BrN2O3/c1-2-5-15(7-11(16)17)12(18)9-6-8(14)3-4-10(9)13/h2-4,6H,1,5,7,14H2,(H,16,17). The number of halogens is 1. The molecule has 0 fully saturated rings. The van der Waals surface area contributed by atoms with Gasteiger partial charge in [-0.15, -0.1) is 6.58 Å². The summed E-state index contributed by atoms with van der Waals surface area (Å²) < 4.78 is 0.571. The maximum atomic E-state index is 12.2. The van der Waals surface area contributed by atoms with E-state index in [0.29, 0.717) is 15.7 Å². The van der Waals surface area contributed by atoms with Crippen molar-refractivity contribution in [3.05, 3.63) is 40.9 Å². The maximum absolute atomic E-state index is 12.2.